The number of aromatic amines is 4. The number of carboxylic acids is 3. The first-order valence-electron chi connectivity index (χ1n) is 27.3. The van der Waals surface area contributed by atoms with Gasteiger partial charge >= 0.3 is 17.9 Å². The van der Waals surface area contributed by atoms with E-state index in [1.54, 1.807) is 19.1 Å². The molecule has 23 nitrogen and oxygen atoms in total. The molecule has 1 fully saturated rings. The van der Waals surface area contributed by atoms with Crippen molar-refractivity contribution in [3.05, 3.63) is 137 Å². The number of rotatable bonds is 24. The van der Waals surface area contributed by atoms with Crippen molar-refractivity contribution in [2.45, 2.75) is 111 Å². The van der Waals surface area contributed by atoms with Crippen molar-refractivity contribution in [1.82, 2.24) is 56.2 Å². The van der Waals surface area contributed by atoms with Gasteiger partial charge in [-0.1, -0.05) is 39.3 Å². The SMILES string of the molecule is C=Cc1c2[nH]c(c1C)C=C1NC(=C(CC(=O)O)c3[nH]c(c(C)c3C(=O)O)C=c3[nH]c(c(C)c3CC)=C2)C(CCC(=O)NCCCCCCNC(=O)CCC(NC(=O)c2ccc(NCc3cnc4nc(N)[nH]c(=O)c4n3)cc2)C(=O)O)C1C. The number of anilines is 2. The largest absolute Gasteiger partial charge is 0.481 e. The van der Waals surface area contributed by atoms with E-state index >= 15 is 0 Å². The van der Waals surface area contributed by atoms with E-state index in [0.717, 1.165) is 62.9 Å². The van der Waals surface area contributed by atoms with Gasteiger partial charge in [0, 0.05) is 99.3 Å². The van der Waals surface area contributed by atoms with E-state index in [9.17, 15) is 48.9 Å². The maximum absolute atomic E-state index is 13.5. The van der Waals surface area contributed by atoms with E-state index in [1.807, 2.05) is 39.0 Å². The highest BCUT2D eigenvalue weighted by molar-refractivity contribution is 5.99. The summed E-state index contributed by atoms with van der Waals surface area (Å²) in [6.45, 7) is 14.9. The molecule has 430 valence electrons. The Kier molecular flexibility index (Phi) is 18.4. The van der Waals surface area contributed by atoms with Crippen molar-refractivity contribution in [1.29, 1.82) is 0 Å². The minimum absolute atomic E-state index is 0.0277. The lowest BCUT2D eigenvalue weighted by Gasteiger charge is -2.19. The molecule has 1 aromatic carbocycles. The van der Waals surface area contributed by atoms with Crippen LogP contribution in [-0.4, -0.2) is 105 Å². The maximum Gasteiger partial charge on any atom is 0.338 e. The molecule has 0 saturated carbocycles. The monoisotopic (exact) mass is 1120 g/mol. The van der Waals surface area contributed by atoms with Crippen LogP contribution in [0, 0.1) is 32.6 Å². The van der Waals surface area contributed by atoms with Crippen molar-refractivity contribution >= 4 is 88.3 Å². The number of carbonyl (C=O) groups excluding carboxylic acids is 3. The van der Waals surface area contributed by atoms with E-state index in [0.29, 0.717) is 72.7 Å². The fraction of sp³-hybridized carbons (Fsp3) is 0.356. The summed E-state index contributed by atoms with van der Waals surface area (Å²) in [5, 5.41) is 47.5. The number of nitrogens with two attached hydrogens (primary N) is 1. The Morgan fingerprint density at radius 3 is 2.16 bits per heavy atom. The molecule has 1 saturated heterocycles. The van der Waals surface area contributed by atoms with E-state index in [-0.39, 0.29) is 77.5 Å². The van der Waals surface area contributed by atoms with Crippen LogP contribution < -0.4 is 48.6 Å². The minimum Gasteiger partial charge on any atom is -0.481 e. The number of unbranched alkanes of at least 4 members (excludes halogenated alkanes) is 3. The smallest absolute Gasteiger partial charge is 0.338 e. The normalized spacial score (nSPS) is 14.9. The van der Waals surface area contributed by atoms with Crippen LogP contribution in [0.5, 0.6) is 0 Å². The number of nitrogens with zero attached hydrogens (tertiary/aromatic N) is 3. The van der Waals surface area contributed by atoms with Crippen molar-refractivity contribution in [2.75, 3.05) is 24.1 Å². The van der Waals surface area contributed by atoms with Crippen LogP contribution in [0.15, 0.2) is 53.2 Å². The van der Waals surface area contributed by atoms with Gasteiger partial charge in [0.15, 0.2) is 11.2 Å². The summed E-state index contributed by atoms with van der Waals surface area (Å²) >= 11 is 0. The zero-order valence-electron chi connectivity index (χ0n) is 46.4. The number of aromatic carboxylic acids is 1. The van der Waals surface area contributed by atoms with Crippen LogP contribution in [0.4, 0.5) is 11.6 Å². The second kappa shape index (κ2) is 25.7. The predicted molar refractivity (Wildman–Crippen MR) is 310 cm³/mol. The molecule has 8 rings (SSSR count). The van der Waals surface area contributed by atoms with Gasteiger partial charge in [-0.3, -0.25) is 29.0 Å². The van der Waals surface area contributed by atoms with Crippen molar-refractivity contribution in [2.24, 2.45) is 11.8 Å². The molecule has 3 amide bonds. The number of amides is 3. The zero-order chi connectivity index (χ0) is 58.9. The fourth-order valence-corrected chi connectivity index (χ4v) is 10.7. The number of aromatic nitrogens is 7. The van der Waals surface area contributed by atoms with Crippen molar-refractivity contribution in [3.63, 3.8) is 0 Å². The molecular formula is C59H69N13O10. The Balaban J connectivity index is 0.820. The number of aliphatic carboxylic acids is 2. The third-order valence-corrected chi connectivity index (χ3v) is 15.3. The van der Waals surface area contributed by atoms with Crippen LogP contribution >= 0.6 is 0 Å². The minimum atomic E-state index is -1.31. The quantitative estimate of drug-likeness (QED) is 0.0354. The van der Waals surface area contributed by atoms with Gasteiger partial charge in [0.1, 0.15) is 6.04 Å². The molecule has 23 heteroatoms. The molecule has 0 aliphatic carbocycles. The van der Waals surface area contributed by atoms with Crippen LogP contribution in [0.1, 0.15) is 149 Å². The Bertz CT molecular complexity index is 3750. The molecule has 5 aromatic heterocycles. The number of nitrogens with one attached hydrogen (secondary N) is 9. The zero-order valence-corrected chi connectivity index (χ0v) is 46.4. The number of hydrogen-bond acceptors (Lipinski definition) is 13. The van der Waals surface area contributed by atoms with Gasteiger partial charge in [-0.2, -0.15) is 4.98 Å². The van der Waals surface area contributed by atoms with Crippen LogP contribution in [0.3, 0.4) is 0 Å². The van der Waals surface area contributed by atoms with Crippen LogP contribution in [0.2, 0.25) is 0 Å². The Morgan fingerprint density at radius 1 is 0.817 bits per heavy atom. The molecule has 0 radical (unpaired) electrons. The maximum atomic E-state index is 13.5. The average molecular weight is 1120 g/mol. The van der Waals surface area contributed by atoms with Gasteiger partial charge in [0.05, 0.1) is 36.1 Å². The number of benzene rings is 1. The van der Waals surface area contributed by atoms with E-state index < -0.39 is 47.8 Å². The fourth-order valence-electron chi connectivity index (χ4n) is 10.7. The molecule has 8 bridgehead atoms. The van der Waals surface area contributed by atoms with Gasteiger partial charge in [0.25, 0.3) is 11.5 Å². The van der Waals surface area contributed by atoms with Gasteiger partial charge in [0.2, 0.25) is 17.8 Å². The molecule has 2 aliphatic rings. The number of carbonyl (C=O) groups is 6. The Morgan fingerprint density at radius 2 is 1.50 bits per heavy atom. The molecule has 2 aliphatic heterocycles. The van der Waals surface area contributed by atoms with E-state index in [2.05, 4.69) is 81.1 Å². The second-order valence-electron chi connectivity index (χ2n) is 20.7. The molecular weight excluding hydrogens is 1050 g/mol. The van der Waals surface area contributed by atoms with E-state index in [1.165, 1.54) is 18.3 Å². The number of hydrogen-bond donors (Lipinski definition) is 13. The average Bonchev–Trinajstić information content (AvgIpc) is 3.04. The number of H-pyrrole nitrogens is 4. The van der Waals surface area contributed by atoms with Crippen molar-refractivity contribution < 1.29 is 44.1 Å². The predicted octanol–water partition coefficient (Wildman–Crippen LogP) is 5.01. The summed E-state index contributed by atoms with van der Waals surface area (Å²) in [5.74, 6) is -5.49. The molecule has 6 aromatic rings. The second-order valence-corrected chi connectivity index (χ2v) is 20.7. The first kappa shape index (κ1) is 58.6. The Hall–Kier alpha value is -9.54. The number of allylic oxidation sites excluding steroid dienone is 2. The summed E-state index contributed by atoms with van der Waals surface area (Å²) < 4.78 is 0. The molecule has 82 heavy (non-hydrogen) atoms. The summed E-state index contributed by atoms with van der Waals surface area (Å²) in [6, 6.07) is 4.97. The highest BCUT2D eigenvalue weighted by atomic mass is 16.4. The first-order chi connectivity index (χ1) is 39.2. The molecule has 3 atom stereocenters. The van der Waals surface area contributed by atoms with Crippen molar-refractivity contribution in [3.8, 4) is 0 Å². The lowest BCUT2D eigenvalue weighted by Crippen LogP contribution is -2.41. The van der Waals surface area contributed by atoms with Gasteiger partial charge in [-0.25, -0.2) is 19.6 Å². The van der Waals surface area contributed by atoms with E-state index in [4.69, 9.17) is 5.73 Å². The number of carboxylic acid groups (broad SMARTS) is 3. The molecule has 14 N–H and O–H groups in total. The summed E-state index contributed by atoms with van der Waals surface area (Å²) in [6.07, 6.45) is 12.4. The molecule has 3 unspecified atom stereocenters. The van der Waals surface area contributed by atoms with Gasteiger partial charge in [-0.15, -0.1) is 0 Å². The lowest BCUT2D eigenvalue weighted by molar-refractivity contribution is -0.139. The summed E-state index contributed by atoms with van der Waals surface area (Å²) in [7, 11) is 0. The lowest BCUT2D eigenvalue weighted by atomic mass is 9.85. The third-order valence-electron chi connectivity index (χ3n) is 15.3. The topological polar surface area (TPSA) is 368 Å². The van der Waals surface area contributed by atoms with Crippen LogP contribution in [-0.2, 0) is 32.1 Å². The summed E-state index contributed by atoms with van der Waals surface area (Å²) in [4.78, 5) is 114. The molecule has 7 heterocycles. The highest BCUT2D eigenvalue weighted by Gasteiger charge is 2.37. The number of nitrogen functional groups attached to an aromatic ring is 1. The third kappa shape index (κ3) is 13.4. The highest BCUT2D eigenvalue weighted by Crippen LogP contribution is 2.43. The first-order valence-corrected chi connectivity index (χ1v) is 27.3. The molecule has 0 spiro atoms. The van der Waals surface area contributed by atoms with Gasteiger partial charge in [-0.05, 0) is 118 Å². The van der Waals surface area contributed by atoms with Crippen LogP contribution in [0.25, 0.3) is 41.0 Å². The summed E-state index contributed by atoms with van der Waals surface area (Å²) in [5.41, 5.74) is 14.9. The standard InChI is InChI=1S/C59H69N13O10/c1-7-36-29(3)41-24-43-31(5)38(51(68-43)39(23-49(75)76)52-50(58(81)82)32(6)44(69-52)26-46-37(8-2)30(4)42(67-46)25-45(36)66-41)17-19-47(73)61-21-11-9-10-12-22-62-48(74)20-18-40(57(79)80)70-55(77)33-13-15-34(16-14-33)63-27-35-28-64-54-53(65-35)56(78)72-59(60)71-54/h7,13-16,24-26,28,31,38,40,63,66-69H,1,8-12,17-23,27H2,2-6H3,(H,61,73)(H,62,74)(H,70,77)(H,75,76)(H,79,80)(H,81,82)(H3,60,64,71,72,78). The Labute approximate surface area is 471 Å². The van der Waals surface area contributed by atoms with Gasteiger partial charge < -0.3 is 62.6 Å². The number of fused-ring (bicyclic) bond motifs is 9.